The first-order valence-corrected chi connectivity index (χ1v) is 10.2. The molecule has 0 amide bonds. The van der Waals surface area contributed by atoms with Crippen LogP contribution in [0.4, 0.5) is 0 Å². The van der Waals surface area contributed by atoms with E-state index < -0.39 is 0 Å². The van der Waals surface area contributed by atoms with E-state index in [9.17, 15) is 4.79 Å². The summed E-state index contributed by atoms with van der Waals surface area (Å²) >= 11 is 9.20. The van der Waals surface area contributed by atoms with Gasteiger partial charge in [0.05, 0.1) is 32.8 Å². The molecule has 0 fully saturated rings. The van der Waals surface area contributed by atoms with Crippen molar-refractivity contribution in [1.82, 2.24) is 4.98 Å². The third-order valence-corrected chi connectivity index (χ3v) is 6.52. The standard InChI is InChI=1S/C18H16ClNO3S2/c1-2-22-16(21)9-11-17(13-6-7-15(19)25-13)23-18(20-11)14-8-10-4-3-5-12(10)24-14/h6-8H,2-5,9H2,1H3. The van der Waals surface area contributed by atoms with E-state index in [2.05, 4.69) is 11.1 Å². The summed E-state index contributed by atoms with van der Waals surface area (Å²) in [5, 5.41) is 0. The quantitative estimate of drug-likeness (QED) is 0.546. The minimum atomic E-state index is -0.306. The van der Waals surface area contributed by atoms with Crippen LogP contribution in [0.1, 0.15) is 29.5 Å². The highest BCUT2D eigenvalue weighted by Crippen LogP contribution is 2.40. The highest BCUT2D eigenvalue weighted by Gasteiger charge is 2.23. The van der Waals surface area contributed by atoms with Crippen molar-refractivity contribution in [2.75, 3.05) is 6.61 Å². The normalized spacial score (nSPS) is 13.2. The van der Waals surface area contributed by atoms with Gasteiger partial charge in [-0.2, -0.15) is 0 Å². The van der Waals surface area contributed by atoms with E-state index in [4.69, 9.17) is 20.8 Å². The van der Waals surface area contributed by atoms with Gasteiger partial charge in [0.25, 0.3) is 0 Å². The summed E-state index contributed by atoms with van der Waals surface area (Å²) < 4.78 is 11.8. The lowest BCUT2D eigenvalue weighted by molar-refractivity contribution is -0.142. The minimum Gasteiger partial charge on any atom is -0.466 e. The first-order chi connectivity index (χ1) is 12.1. The first-order valence-electron chi connectivity index (χ1n) is 8.17. The van der Waals surface area contributed by atoms with Gasteiger partial charge in [0.15, 0.2) is 5.76 Å². The van der Waals surface area contributed by atoms with Gasteiger partial charge in [-0.25, -0.2) is 4.98 Å². The van der Waals surface area contributed by atoms with Crippen molar-refractivity contribution in [3.63, 3.8) is 0 Å². The smallest absolute Gasteiger partial charge is 0.312 e. The number of hydrogen-bond acceptors (Lipinski definition) is 6. The molecule has 3 aromatic heterocycles. The maximum atomic E-state index is 11.9. The Labute approximate surface area is 158 Å². The van der Waals surface area contributed by atoms with Crippen molar-refractivity contribution in [2.45, 2.75) is 32.6 Å². The van der Waals surface area contributed by atoms with Crippen LogP contribution in [0.3, 0.4) is 0 Å². The number of carbonyl (C=O) groups excluding carboxylic acids is 1. The van der Waals surface area contributed by atoms with E-state index in [-0.39, 0.29) is 12.4 Å². The number of nitrogens with zero attached hydrogens (tertiary/aromatic N) is 1. The molecule has 0 spiro atoms. The van der Waals surface area contributed by atoms with Crippen molar-refractivity contribution in [3.05, 3.63) is 38.7 Å². The summed E-state index contributed by atoms with van der Waals surface area (Å²) in [6, 6.07) is 5.87. The Hall–Kier alpha value is -1.63. The average molecular weight is 394 g/mol. The first kappa shape index (κ1) is 16.8. The molecule has 130 valence electrons. The van der Waals surface area contributed by atoms with Gasteiger partial charge >= 0.3 is 5.97 Å². The van der Waals surface area contributed by atoms with Crippen LogP contribution in [0.25, 0.3) is 21.4 Å². The molecule has 7 heteroatoms. The third kappa shape index (κ3) is 3.38. The highest BCUT2D eigenvalue weighted by molar-refractivity contribution is 7.19. The lowest BCUT2D eigenvalue weighted by Crippen LogP contribution is -2.08. The van der Waals surface area contributed by atoms with Crippen LogP contribution in [-0.2, 0) is 28.8 Å². The number of thiophene rings is 2. The monoisotopic (exact) mass is 393 g/mol. The zero-order chi connectivity index (χ0) is 17.4. The van der Waals surface area contributed by atoms with Gasteiger partial charge in [0, 0.05) is 4.88 Å². The van der Waals surface area contributed by atoms with Crippen LogP contribution < -0.4 is 0 Å². The van der Waals surface area contributed by atoms with Crippen LogP contribution in [0.5, 0.6) is 0 Å². The summed E-state index contributed by atoms with van der Waals surface area (Å²) in [5.41, 5.74) is 1.99. The van der Waals surface area contributed by atoms with Gasteiger partial charge in [0.1, 0.15) is 0 Å². The Balaban J connectivity index is 1.72. The number of hydrogen-bond donors (Lipinski definition) is 0. The molecule has 0 aliphatic heterocycles. The predicted molar refractivity (Wildman–Crippen MR) is 101 cm³/mol. The summed E-state index contributed by atoms with van der Waals surface area (Å²) in [6.45, 7) is 2.14. The summed E-state index contributed by atoms with van der Waals surface area (Å²) in [7, 11) is 0. The van der Waals surface area contributed by atoms with Crippen LogP contribution in [-0.4, -0.2) is 17.6 Å². The molecule has 0 saturated heterocycles. The predicted octanol–water partition coefficient (Wildman–Crippen LogP) is 5.38. The van der Waals surface area contributed by atoms with Crippen molar-refractivity contribution >= 4 is 40.2 Å². The second-order valence-corrected chi connectivity index (χ2v) is 8.64. The molecule has 0 aromatic carbocycles. The number of halogens is 1. The molecular weight excluding hydrogens is 378 g/mol. The number of carbonyl (C=O) groups is 1. The van der Waals surface area contributed by atoms with Crippen molar-refractivity contribution in [3.8, 4) is 21.4 Å². The molecule has 1 aliphatic carbocycles. The van der Waals surface area contributed by atoms with E-state index in [1.807, 2.05) is 12.1 Å². The lowest BCUT2D eigenvalue weighted by Gasteiger charge is -2.00. The second-order valence-electron chi connectivity index (χ2n) is 5.79. The number of rotatable bonds is 5. The summed E-state index contributed by atoms with van der Waals surface area (Å²) in [4.78, 5) is 19.8. The Bertz CT molecular complexity index is 903. The van der Waals surface area contributed by atoms with Crippen molar-refractivity contribution < 1.29 is 13.9 Å². The fourth-order valence-corrected chi connectivity index (χ4v) is 5.22. The van der Waals surface area contributed by atoms with Crippen molar-refractivity contribution in [1.29, 1.82) is 0 Å². The number of oxazole rings is 1. The second kappa shape index (κ2) is 6.94. The molecule has 0 saturated carbocycles. The van der Waals surface area contributed by atoms with E-state index in [1.54, 1.807) is 18.3 Å². The van der Waals surface area contributed by atoms with Gasteiger partial charge in [-0.3, -0.25) is 4.79 Å². The van der Waals surface area contributed by atoms with Gasteiger partial charge in [-0.15, -0.1) is 22.7 Å². The molecule has 0 unspecified atom stereocenters. The number of fused-ring (bicyclic) bond motifs is 1. The number of aryl methyl sites for hydroxylation is 2. The molecule has 3 heterocycles. The maximum Gasteiger partial charge on any atom is 0.312 e. The van der Waals surface area contributed by atoms with Crippen LogP contribution in [0, 0.1) is 0 Å². The Morgan fingerprint density at radius 1 is 1.32 bits per heavy atom. The third-order valence-electron chi connectivity index (χ3n) is 4.07. The number of aromatic nitrogens is 1. The van der Waals surface area contributed by atoms with Crippen LogP contribution in [0.15, 0.2) is 22.6 Å². The van der Waals surface area contributed by atoms with Crippen molar-refractivity contribution in [2.24, 2.45) is 0 Å². The molecule has 0 bridgehead atoms. The largest absolute Gasteiger partial charge is 0.466 e. The molecule has 0 N–H and O–H groups in total. The lowest BCUT2D eigenvalue weighted by atomic mass is 10.2. The molecule has 3 aromatic rings. The molecule has 0 radical (unpaired) electrons. The molecule has 4 nitrogen and oxygen atoms in total. The Kier molecular flexibility index (Phi) is 4.67. The number of ether oxygens (including phenoxy) is 1. The highest BCUT2D eigenvalue weighted by atomic mass is 35.5. The zero-order valence-corrected chi connectivity index (χ0v) is 16.0. The minimum absolute atomic E-state index is 0.0906. The van der Waals surface area contributed by atoms with Gasteiger partial charge in [0.2, 0.25) is 5.89 Å². The Morgan fingerprint density at radius 3 is 2.92 bits per heavy atom. The average Bonchev–Trinajstić information content (AvgIpc) is 3.29. The van der Waals surface area contributed by atoms with Gasteiger partial charge < -0.3 is 9.15 Å². The summed E-state index contributed by atoms with van der Waals surface area (Å²) in [5.74, 6) is 0.867. The Morgan fingerprint density at radius 2 is 2.20 bits per heavy atom. The zero-order valence-electron chi connectivity index (χ0n) is 13.6. The SMILES string of the molecule is CCOC(=O)Cc1nc(-c2cc3c(s2)CCC3)oc1-c1ccc(Cl)s1. The molecular formula is C18H16ClNO3S2. The fourth-order valence-electron chi connectivity index (χ4n) is 2.99. The number of esters is 1. The summed E-state index contributed by atoms with van der Waals surface area (Å²) in [6.07, 6.45) is 3.56. The molecule has 1 aliphatic rings. The maximum absolute atomic E-state index is 11.9. The van der Waals surface area contributed by atoms with Crippen LogP contribution >= 0.6 is 34.3 Å². The topological polar surface area (TPSA) is 52.3 Å². The van der Waals surface area contributed by atoms with Gasteiger partial charge in [-0.05, 0) is 49.9 Å². The molecule has 0 atom stereocenters. The molecule has 4 rings (SSSR count). The van der Waals surface area contributed by atoms with Crippen LogP contribution in [0.2, 0.25) is 4.34 Å². The van der Waals surface area contributed by atoms with E-state index in [1.165, 1.54) is 28.2 Å². The van der Waals surface area contributed by atoms with Gasteiger partial charge in [-0.1, -0.05) is 11.6 Å². The van der Waals surface area contributed by atoms with E-state index in [0.717, 1.165) is 22.6 Å². The fraction of sp³-hybridized carbons (Fsp3) is 0.333. The molecule has 25 heavy (non-hydrogen) atoms. The van der Waals surface area contributed by atoms with E-state index >= 15 is 0 Å². The van der Waals surface area contributed by atoms with E-state index in [0.29, 0.717) is 28.3 Å².